The van der Waals surface area contributed by atoms with Gasteiger partial charge in [0.25, 0.3) is 5.91 Å². The van der Waals surface area contributed by atoms with Gasteiger partial charge in [-0.15, -0.1) is 0 Å². The van der Waals surface area contributed by atoms with E-state index >= 15 is 0 Å². The van der Waals surface area contributed by atoms with Crippen molar-refractivity contribution in [2.45, 2.75) is 5.72 Å². The Bertz CT molecular complexity index is 1400. The Labute approximate surface area is 182 Å². The highest BCUT2D eigenvalue weighted by atomic mass is 16.4. The van der Waals surface area contributed by atoms with Gasteiger partial charge >= 0.3 is 6.09 Å². The number of aliphatic hydroxyl groups is 1. The number of benzene rings is 3. The Morgan fingerprint density at radius 3 is 2.66 bits per heavy atom. The molecule has 9 heteroatoms. The van der Waals surface area contributed by atoms with Gasteiger partial charge in [0.1, 0.15) is 0 Å². The number of carboxylic acid groups (broad SMARTS) is 1. The molecule has 1 aliphatic rings. The predicted octanol–water partition coefficient (Wildman–Crippen LogP) is 3.11. The third kappa shape index (κ3) is 2.72. The average Bonchev–Trinajstić information content (AvgIpc) is 3.30. The summed E-state index contributed by atoms with van der Waals surface area (Å²) in [6.07, 6.45) is -1.16. The first-order chi connectivity index (χ1) is 15.3. The predicted molar refractivity (Wildman–Crippen MR) is 120 cm³/mol. The number of imidazole rings is 1. The van der Waals surface area contributed by atoms with Crippen molar-refractivity contribution in [1.82, 2.24) is 9.97 Å². The van der Waals surface area contributed by atoms with Crippen LogP contribution in [-0.4, -0.2) is 39.2 Å². The molecular formula is C23H19N5O4. The number of fused-ring (bicyclic) bond motifs is 2. The molecule has 9 nitrogen and oxygen atoms in total. The highest BCUT2D eigenvalue weighted by Gasteiger charge is 2.50. The fourth-order valence-corrected chi connectivity index (χ4v) is 4.08. The number of amides is 2. The zero-order chi connectivity index (χ0) is 22.6. The quantitative estimate of drug-likeness (QED) is 0.370. The molecule has 160 valence electrons. The first-order valence-corrected chi connectivity index (χ1v) is 9.79. The van der Waals surface area contributed by atoms with Gasteiger partial charge in [0.15, 0.2) is 5.72 Å². The molecule has 0 spiro atoms. The molecule has 1 aliphatic heterocycles. The van der Waals surface area contributed by atoms with Crippen molar-refractivity contribution < 1.29 is 19.8 Å². The number of rotatable bonds is 3. The number of nitrogens with zero attached hydrogens (tertiary/aromatic N) is 3. The molecule has 5 rings (SSSR count). The maximum absolute atomic E-state index is 13.4. The number of carbonyl (C=O) groups is 2. The normalized spacial score (nSPS) is 17.6. The second kappa shape index (κ2) is 6.82. The van der Waals surface area contributed by atoms with E-state index in [1.54, 1.807) is 66.7 Å². The lowest BCUT2D eigenvalue weighted by Crippen LogP contribution is -2.45. The van der Waals surface area contributed by atoms with Gasteiger partial charge in [-0.25, -0.2) is 9.78 Å². The molecule has 2 amide bonds. The minimum Gasteiger partial charge on any atom is -0.465 e. The molecule has 3 aromatic carbocycles. The summed E-state index contributed by atoms with van der Waals surface area (Å²) in [5.41, 5.74) is 7.33. The SMILES string of the molecule is CN(C(=O)O)c1nc2ccc(C3(O)c4ccccc4C(=O)N3c3cccc(N)c3)cc2[nH]1. The third-order valence-corrected chi connectivity index (χ3v) is 5.66. The first kappa shape index (κ1) is 19.6. The van der Waals surface area contributed by atoms with Crippen LogP contribution in [0.3, 0.4) is 0 Å². The topological polar surface area (TPSA) is 136 Å². The van der Waals surface area contributed by atoms with Crippen LogP contribution in [0.1, 0.15) is 21.5 Å². The molecule has 4 aromatic rings. The lowest BCUT2D eigenvalue weighted by molar-refractivity contribution is 0.0704. The van der Waals surface area contributed by atoms with E-state index in [2.05, 4.69) is 9.97 Å². The highest BCUT2D eigenvalue weighted by Crippen LogP contribution is 2.45. The van der Waals surface area contributed by atoms with E-state index in [-0.39, 0.29) is 11.9 Å². The lowest BCUT2D eigenvalue weighted by Gasteiger charge is -2.35. The van der Waals surface area contributed by atoms with Crippen LogP contribution < -0.4 is 15.5 Å². The van der Waals surface area contributed by atoms with Gasteiger partial charge in [0, 0.05) is 35.1 Å². The number of nitrogens with one attached hydrogen (secondary N) is 1. The molecule has 5 N–H and O–H groups in total. The van der Waals surface area contributed by atoms with Crippen molar-refractivity contribution in [2.75, 3.05) is 22.6 Å². The van der Waals surface area contributed by atoms with Crippen LogP contribution in [0.4, 0.5) is 22.1 Å². The van der Waals surface area contributed by atoms with Gasteiger partial charge in [-0.05, 0) is 36.4 Å². The molecule has 1 unspecified atom stereocenters. The van der Waals surface area contributed by atoms with E-state index in [4.69, 9.17) is 5.73 Å². The fraction of sp³-hybridized carbons (Fsp3) is 0.0870. The number of H-pyrrole nitrogens is 1. The van der Waals surface area contributed by atoms with E-state index in [1.807, 2.05) is 0 Å². The van der Waals surface area contributed by atoms with Crippen LogP contribution in [0.15, 0.2) is 66.7 Å². The molecule has 2 heterocycles. The van der Waals surface area contributed by atoms with Crippen molar-refractivity contribution in [3.8, 4) is 0 Å². The summed E-state index contributed by atoms with van der Waals surface area (Å²) in [6.45, 7) is 0. The summed E-state index contributed by atoms with van der Waals surface area (Å²) < 4.78 is 0. The van der Waals surface area contributed by atoms with Gasteiger partial charge in [-0.2, -0.15) is 0 Å². The Hall–Kier alpha value is -4.37. The fourth-order valence-electron chi connectivity index (χ4n) is 4.08. The Balaban J connectivity index is 1.72. The van der Waals surface area contributed by atoms with E-state index in [0.29, 0.717) is 39.1 Å². The van der Waals surface area contributed by atoms with Gasteiger partial charge in [-0.1, -0.05) is 30.3 Å². The van der Waals surface area contributed by atoms with Crippen molar-refractivity contribution in [3.63, 3.8) is 0 Å². The van der Waals surface area contributed by atoms with Crippen LogP contribution >= 0.6 is 0 Å². The number of aromatic amines is 1. The number of carbonyl (C=O) groups excluding carboxylic acids is 1. The van der Waals surface area contributed by atoms with Crippen molar-refractivity contribution in [3.05, 3.63) is 83.4 Å². The van der Waals surface area contributed by atoms with E-state index in [0.717, 1.165) is 4.90 Å². The second-order valence-corrected chi connectivity index (χ2v) is 7.59. The van der Waals surface area contributed by atoms with Gasteiger partial charge in [-0.3, -0.25) is 14.6 Å². The number of hydrogen-bond donors (Lipinski definition) is 4. The van der Waals surface area contributed by atoms with Crippen LogP contribution in [0.5, 0.6) is 0 Å². The van der Waals surface area contributed by atoms with E-state index in [1.165, 1.54) is 11.9 Å². The first-order valence-electron chi connectivity index (χ1n) is 9.79. The van der Waals surface area contributed by atoms with Gasteiger partial charge < -0.3 is 20.9 Å². The van der Waals surface area contributed by atoms with E-state index in [9.17, 15) is 19.8 Å². The standard InChI is InChI=1S/C23H19N5O4/c1-27(22(30)31)21-25-18-10-9-13(11-19(18)26-21)23(32)17-8-3-2-7-16(17)20(29)28(23)15-6-4-5-14(24)12-15/h2-12,32H,24H2,1H3,(H,25,26)(H,30,31). The summed E-state index contributed by atoms with van der Waals surface area (Å²) in [5, 5.41) is 21.3. The number of nitrogens with two attached hydrogens (primary N) is 1. The second-order valence-electron chi connectivity index (χ2n) is 7.59. The molecule has 0 saturated heterocycles. The van der Waals surface area contributed by atoms with Crippen molar-refractivity contribution >= 4 is 40.4 Å². The number of aromatic nitrogens is 2. The summed E-state index contributed by atoms with van der Waals surface area (Å²) in [4.78, 5) is 34.2. The molecule has 0 aliphatic carbocycles. The van der Waals surface area contributed by atoms with Crippen LogP contribution in [0.25, 0.3) is 11.0 Å². The highest BCUT2D eigenvalue weighted by molar-refractivity contribution is 6.12. The van der Waals surface area contributed by atoms with Gasteiger partial charge in [0.2, 0.25) is 5.95 Å². The summed E-state index contributed by atoms with van der Waals surface area (Å²) >= 11 is 0. The molecule has 0 radical (unpaired) electrons. The zero-order valence-electron chi connectivity index (χ0n) is 17.0. The maximum Gasteiger partial charge on any atom is 0.413 e. The summed E-state index contributed by atoms with van der Waals surface area (Å²) in [7, 11) is 1.38. The van der Waals surface area contributed by atoms with Gasteiger partial charge in [0.05, 0.1) is 11.0 Å². The smallest absolute Gasteiger partial charge is 0.413 e. The Kier molecular flexibility index (Phi) is 4.18. The monoisotopic (exact) mass is 429 g/mol. The van der Waals surface area contributed by atoms with Crippen LogP contribution in [0.2, 0.25) is 0 Å². The molecular weight excluding hydrogens is 410 g/mol. The Morgan fingerprint density at radius 1 is 1.12 bits per heavy atom. The largest absolute Gasteiger partial charge is 0.465 e. The summed E-state index contributed by atoms with van der Waals surface area (Å²) in [6, 6.07) is 18.6. The van der Waals surface area contributed by atoms with Crippen molar-refractivity contribution in [2.24, 2.45) is 0 Å². The van der Waals surface area contributed by atoms with Crippen molar-refractivity contribution in [1.29, 1.82) is 0 Å². The minimum atomic E-state index is -1.81. The molecule has 0 fully saturated rings. The molecule has 1 aromatic heterocycles. The molecule has 0 bridgehead atoms. The van der Waals surface area contributed by atoms with E-state index < -0.39 is 11.8 Å². The molecule has 0 saturated carbocycles. The summed E-state index contributed by atoms with van der Waals surface area (Å²) in [5.74, 6) is -0.211. The Morgan fingerprint density at radius 2 is 1.91 bits per heavy atom. The molecule has 32 heavy (non-hydrogen) atoms. The average molecular weight is 429 g/mol. The number of hydrogen-bond acceptors (Lipinski definition) is 5. The minimum absolute atomic E-state index is 0.146. The lowest BCUT2D eigenvalue weighted by atomic mass is 9.93. The number of anilines is 3. The van der Waals surface area contributed by atoms with Crippen LogP contribution in [-0.2, 0) is 5.72 Å². The third-order valence-electron chi connectivity index (χ3n) is 5.66. The van der Waals surface area contributed by atoms with Crippen LogP contribution in [0, 0.1) is 0 Å². The number of nitrogen functional groups attached to an aromatic ring is 1. The maximum atomic E-state index is 13.4. The molecule has 1 atom stereocenters. The zero-order valence-corrected chi connectivity index (χ0v) is 17.0.